The molecular weight excluding hydrogens is 518 g/mol. The van der Waals surface area contributed by atoms with Crippen molar-refractivity contribution in [2.75, 3.05) is 19.6 Å². The summed E-state index contributed by atoms with van der Waals surface area (Å²) in [5.41, 5.74) is -1.36. The van der Waals surface area contributed by atoms with E-state index in [1.807, 2.05) is 0 Å². The molecule has 1 aromatic carbocycles. The number of rotatable bonds is 6. The van der Waals surface area contributed by atoms with Gasteiger partial charge in [-0.05, 0) is 13.0 Å². The lowest BCUT2D eigenvalue weighted by Gasteiger charge is -2.33. The number of hydrogen-bond donors (Lipinski definition) is 1. The molecule has 2 aromatic heterocycles. The Kier molecular flexibility index (Phi) is 6.51. The van der Waals surface area contributed by atoms with Crippen LogP contribution in [0.1, 0.15) is 5.56 Å². The molecule has 0 atom stereocenters. The van der Waals surface area contributed by atoms with Crippen LogP contribution in [0.5, 0.6) is 0 Å². The lowest BCUT2D eigenvalue weighted by molar-refractivity contribution is -0.384. The highest BCUT2D eigenvalue weighted by atomic mass is 32.2. The number of benzene rings is 1. The summed E-state index contributed by atoms with van der Waals surface area (Å²) in [6.07, 6.45) is 1.21. The first-order valence-electron chi connectivity index (χ1n) is 10.2. The maximum Gasteiger partial charge on any atom is 0.328 e. The molecule has 0 radical (unpaired) electrons. The molecule has 0 unspecified atom stereocenters. The molecule has 1 saturated heterocycles. The molecule has 1 aliphatic rings. The zero-order valence-electron chi connectivity index (χ0n) is 18.5. The fourth-order valence-corrected chi connectivity index (χ4v) is 5.96. The second kappa shape index (κ2) is 9.42. The maximum absolute atomic E-state index is 13.0. The van der Waals surface area contributed by atoms with E-state index in [0.717, 1.165) is 9.47 Å². The predicted molar refractivity (Wildman–Crippen MR) is 124 cm³/mol. The maximum atomic E-state index is 13.0. The van der Waals surface area contributed by atoms with E-state index in [1.54, 1.807) is 0 Å². The van der Waals surface area contributed by atoms with Crippen molar-refractivity contribution in [3.05, 3.63) is 67.0 Å². The summed E-state index contributed by atoms with van der Waals surface area (Å²) in [6.45, 7) is -0.0675. The molecule has 1 fully saturated rings. The number of sulfonamides is 1. The van der Waals surface area contributed by atoms with E-state index in [-0.39, 0.29) is 34.9 Å². The van der Waals surface area contributed by atoms with Gasteiger partial charge in [-0.1, -0.05) is 23.5 Å². The Balaban J connectivity index is 1.50. The van der Waals surface area contributed by atoms with Gasteiger partial charge in [-0.25, -0.2) is 9.10 Å². The quantitative estimate of drug-likeness (QED) is 0.312. The molecule has 0 spiro atoms. The summed E-state index contributed by atoms with van der Waals surface area (Å²) in [6, 6.07) is 5.63. The highest BCUT2D eigenvalue weighted by Crippen LogP contribution is 2.33. The Morgan fingerprint density at radius 2 is 1.92 bits per heavy atom. The van der Waals surface area contributed by atoms with Crippen molar-refractivity contribution in [3.8, 4) is 10.6 Å². The van der Waals surface area contributed by atoms with Gasteiger partial charge in [0.25, 0.3) is 31.5 Å². The van der Waals surface area contributed by atoms with Crippen LogP contribution >= 0.6 is 11.3 Å². The number of aromatic amines is 1. The molecule has 0 bridgehead atoms. The van der Waals surface area contributed by atoms with Crippen LogP contribution in [0, 0.1) is 17.0 Å². The summed E-state index contributed by atoms with van der Waals surface area (Å²) in [5.74, 6) is -1.52. The molecule has 4 rings (SSSR count). The standard InChI is InChI=1S/C19H17N7O8S2/c1-11-8-24(18(30)20-16(11)29)9-14(27)23-6-7-25(15(28)10-23)36(33,34)19-22-21-17(35-19)12-4-2-3-5-13(12)26(31)32/h2-5,8H,6-7,9-10H2,1H3,(H,20,29,30). The van der Waals surface area contributed by atoms with Crippen molar-refractivity contribution in [3.63, 3.8) is 0 Å². The fraction of sp³-hybridized carbons (Fsp3) is 0.263. The van der Waals surface area contributed by atoms with Crippen LogP contribution in [0.2, 0.25) is 0 Å². The number of nitrogens with zero attached hydrogens (tertiary/aromatic N) is 6. The summed E-state index contributed by atoms with van der Waals surface area (Å²) in [4.78, 5) is 62.5. The molecule has 1 aliphatic heterocycles. The van der Waals surface area contributed by atoms with Gasteiger partial charge < -0.3 is 4.90 Å². The zero-order valence-corrected chi connectivity index (χ0v) is 20.1. The summed E-state index contributed by atoms with van der Waals surface area (Å²) < 4.78 is 27.1. The third-order valence-electron chi connectivity index (χ3n) is 5.27. The van der Waals surface area contributed by atoms with Crippen LogP contribution < -0.4 is 11.2 Å². The highest BCUT2D eigenvalue weighted by molar-refractivity contribution is 7.91. The van der Waals surface area contributed by atoms with Gasteiger partial charge in [0.05, 0.1) is 17.0 Å². The van der Waals surface area contributed by atoms with Crippen molar-refractivity contribution in [1.29, 1.82) is 0 Å². The van der Waals surface area contributed by atoms with E-state index in [2.05, 4.69) is 15.2 Å². The molecule has 17 heteroatoms. The van der Waals surface area contributed by atoms with Crippen molar-refractivity contribution < 1.29 is 22.9 Å². The molecular formula is C19H17N7O8S2. The van der Waals surface area contributed by atoms with Crippen molar-refractivity contribution in [2.24, 2.45) is 0 Å². The molecule has 0 saturated carbocycles. The topological polar surface area (TPSA) is 199 Å². The first-order chi connectivity index (χ1) is 17.0. The number of nitro groups is 1. The van der Waals surface area contributed by atoms with Crippen LogP contribution in [0.4, 0.5) is 5.69 Å². The number of para-hydroxylation sites is 1. The van der Waals surface area contributed by atoms with Crippen molar-refractivity contribution in [1.82, 2.24) is 29.0 Å². The summed E-state index contributed by atoms with van der Waals surface area (Å²) in [7, 11) is -4.43. The smallest absolute Gasteiger partial charge is 0.328 e. The van der Waals surface area contributed by atoms with Crippen LogP contribution in [-0.4, -0.2) is 73.7 Å². The SMILES string of the molecule is Cc1cn(CC(=O)N2CCN(S(=O)(=O)c3nnc(-c4ccccc4[N+](=O)[O-])s3)C(=O)C2)c(=O)[nH]c1=O. The van der Waals surface area contributed by atoms with Crippen LogP contribution in [0.25, 0.3) is 10.6 Å². The Morgan fingerprint density at radius 3 is 2.61 bits per heavy atom. The van der Waals surface area contributed by atoms with E-state index < -0.39 is 55.4 Å². The Hall–Kier alpha value is -4.25. The number of amides is 2. The van der Waals surface area contributed by atoms with E-state index in [9.17, 15) is 37.7 Å². The average molecular weight is 536 g/mol. The Morgan fingerprint density at radius 1 is 1.19 bits per heavy atom. The fourth-order valence-electron chi connectivity index (χ4n) is 3.44. The largest absolute Gasteiger partial charge is 0.330 e. The predicted octanol–water partition coefficient (Wildman–Crippen LogP) is -0.669. The molecule has 0 aliphatic carbocycles. The molecule has 188 valence electrons. The van der Waals surface area contributed by atoms with Gasteiger partial charge in [-0.2, -0.15) is 8.42 Å². The van der Waals surface area contributed by atoms with Crippen LogP contribution in [0.15, 0.2) is 44.4 Å². The number of carbonyl (C=O) groups is 2. The lowest BCUT2D eigenvalue weighted by Crippen LogP contribution is -2.54. The minimum absolute atomic E-state index is 0.0104. The second-order valence-electron chi connectivity index (χ2n) is 7.63. The molecule has 15 nitrogen and oxygen atoms in total. The molecule has 2 amide bonds. The number of aromatic nitrogens is 4. The number of nitrogens with one attached hydrogen (secondary N) is 1. The molecule has 3 heterocycles. The minimum Gasteiger partial charge on any atom is -0.330 e. The van der Waals surface area contributed by atoms with Gasteiger partial charge in [-0.15, -0.1) is 10.2 Å². The van der Waals surface area contributed by atoms with E-state index in [4.69, 9.17) is 0 Å². The average Bonchev–Trinajstić information content (AvgIpc) is 3.33. The number of nitro benzene ring substituents is 1. The first kappa shape index (κ1) is 24.9. The molecule has 36 heavy (non-hydrogen) atoms. The van der Waals surface area contributed by atoms with E-state index >= 15 is 0 Å². The highest BCUT2D eigenvalue weighted by Gasteiger charge is 2.38. The number of aryl methyl sites for hydroxylation is 1. The summed E-state index contributed by atoms with van der Waals surface area (Å²) in [5, 5.41) is 18.6. The van der Waals surface area contributed by atoms with Crippen molar-refractivity contribution in [2.45, 2.75) is 17.8 Å². The van der Waals surface area contributed by atoms with E-state index in [0.29, 0.717) is 15.6 Å². The first-order valence-corrected chi connectivity index (χ1v) is 12.5. The lowest BCUT2D eigenvalue weighted by atomic mass is 10.2. The molecule has 3 aromatic rings. The summed E-state index contributed by atoms with van der Waals surface area (Å²) >= 11 is 0.577. The number of piperazine rings is 1. The molecule has 1 N–H and O–H groups in total. The van der Waals surface area contributed by atoms with Gasteiger partial charge in [0.15, 0.2) is 5.01 Å². The Labute approximate surface area is 205 Å². The van der Waals surface area contributed by atoms with Gasteiger partial charge in [0.2, 0.25) is 5.91 Å². The van der Waals surface area contributed by atoms with Crippen LogP contribution in [-0.2, 0) is 26.2 Å². The third-order valence-corrected chi connectivity index (χ3v) is 8.40. The normalized spacial score (nSPS) is 14.2. The Bertz CT molecular complexity index is 1610. The van der Waals surface area contributed by atoms with Gasteiger partial charge in [0.1, 0.15) is 13.1 Å². The van der Waals surface area contributed by atoms with Crippen molar-refractivity contribution >= 4 is 38.9 Å². The third kappa shape index (κ3) is 4.65. The number of H-pyrrole nitrogens is 1. The zero-order chi connectivity index (χ0) is 26.2. The minimum atomic E-state index is -4.43. The number of hydrogen-bond acceptors (Lipinski definition) is 11. The van der Waals surface area contributed by atoms with Crippen LogP contribution in [0.3, 0.4) is 0 Å². The monoisotopic (exact) mass is 535 g/mol. The second-order valence-corrected chi connectivity index (χ2v) is 10.6. The van der Waals surface area contributed by atoms with Gasteiger partial charge in [0, 0.05) is 24.4 Å². The number of carbonyl (C=O) groups excluding carboxylic acids is 2. The van der Waals surface area contributed by atoms with Gasteiger partial charge >= 0.3 is 5.69 Å². The van der Waals surface area contributed by atoms with E-state index in [1.165, 1.54) is 37.4 Å². The van der Waals surface area contributed by atoms with Gasteiger partial charge in [-0.3, -0.25) is 34.0 Å².